The van der Waals surface area contributed by atoms with Crippen LogP contribution in [0.3, 0.4) is 0 Å². The van der Waals surface area contributed by atoms with Gasteiger partial charge in [0.1, 0.15) is 22.5 Å². The molecule has 0 saturated heterocycles. The monoisotopic (exact) mass is 292 g/mol. The molecule has 0 atom stereocenters. The van der Waals surface area contributed by atoms with Crippen LogP contribution < -0.4 is 5.32 Å². The van der Waals surface area contributed by atoms with E-state index < -0.39 is 0 Å². The van der Waals surface area contributed by atoms with Crippen molar-refractivity contribution in [3.05, 3.63) is 17.1 Å². The summed E-state index contributed by atoms with van der Waals surface area (Å²) in [6, 6.07) is 2.10. The maximum atomic E-state index is 11.7. The van der Waals surface area contributed by atoms with Crippen molar-refractivity contribution in [3.63, 3.8) is 0 Å². The van der Waals surface area contributed by atoms with Gasteiger partial charge in [0.05, 0.1) is 11.4 Å². The minimum Gasteiger partial charge on any atom is -0.355 e. The standard InChI is InChI=1S/C14H20N4OS/c1-4-5-6-7-16-13(19)9-20-14-12(8-15)10(2)17-11(3)18-14/h4-7,9H2,1-3H3,(H,16,19). The van der Waals surface area contributed by atoms with Gasteiger partial charge in [-0.25, -0.2) is 9.97 Å². The molecule has 0 aliphatic carbocycles. The van der Waals surface area contributed by atoms with E-state index >= 15 is 0 Å². The van der Waals surface area contributed by atoms with Crippen LogP contribution in [0.4, 0.5) is 0 Å². The second-order valence-corrected chi connectivity index (χ2v) is 5.46. The molecule has 1 N–H and O–H groups in total. The maximum Gasteiger partial charge on any atom is 0.230 e. The van der Waals surface area contributed by atoms with Gasteiger partial charge < -0.3 is 5.32 Å². The van der Waals surface area contributed by atoms with Gasteiger partial charge in [-0.1, -0.05) is 31.5 Å². The van der Waals surface area contributed by atoms with Crippen LogP contribution in [-0.2, 0) is 4.79 Å². The van der Waals surface area contributed by atoms with Gasteiger partial charge in [0, 0.05) is 6.54 Å². The molecular weight excluding hydrogens is 272 g/mol. The normalized spacial score (nSPS) is 10.1. The molecule has 5 nitrogen and oxygen atoms in total. The maximum absolute atomic E-state index is 11.7. The summed E-state index contributed by atoms with van der Waals surface area (Å²) < 4.78 is 0. The molecule has 1 aromatic heterocycles. The zero-order chi connectivity index (χ0) is 15.0. The Morgan fingerprint density at radius 2 is 2.10 bits per heavy atom. The summed E-state index contributed by atoms with van der Waals surface area (Å²) in [6.45, 7) is 6.40. The Morgan fingerprint density at radius 1 is 1.35 bits per heavy atom. The topological polar surface area (TPSA) is 78.7 Å². The first-order chi connectivity index (χ1) is 9.58. The Bertz CT molecular complexity index is 511. The number of rotatable bonds is 7. The molecule has 0 aliphatic heterocycles. The molecule has 0 radical (unpaired) electrons. The van der Waals surface area contributed by atoms with Crippen LogP contribution in [0.2, 0.25) is 0 Å². The summed E-state index contributed by atoms with van der Waals surface area (Å²) >= 11 is 1.29. The van der Waals surface area contributed by atoms with E-state index in [1.807, 2.05) is 0 Å². The third kappa shape index (κ3) is 5.17. The Labute approximate surface area is 124 Å². The fourth-order valence-electron chi connectivity index (χ4n) is 1.70. The molecule has 1 amide bonds. The fourth-order valence-corrected chi connectivity index (χ4v) is 2.61. The minimum absolute atomic E-state index is 0.0242. The summed E-state index contributed by atoms with van der Waals surface area (Å²) in [7, 11) is 0. The molecule has 20 heavy (non-hydrogen) atoms. The molecule has 0 bridgehead atoms. The summed E-state index contributed by atoms with van der Waals surface area (Å²) in [6.07, 6.45) is 3.26. The number of unbranched alkanes of at least 4 members (excludes halogenated alkanes) is 2. The van der Waals surface area contributed by atoms with E-state index in [1.165, 1.54) is 11.8 Å². The highest BCUT2D eigenvalue weighted by Crippen LogP contribution is 2.21. The molecule has 6 heteroatoms. The first-order valence-corrected chi connectivity index (χ1v) is 7.71. The van der Waals surface area contributed by atoms with Crippen LogP contribution in [0, 0.1) is 25.2 Å². The van der Waals surface area contributed by atoms with Crippen LogP contribution in [0.1, 0.15) is 43.3 Å². The molecule has 108 valence electrons. The van der Waals surface area contributed by atoms with E-state index in [-0.39, 0.29) is 11.7 Å². The number of amides is 1. The Morgan fingerprint density at radius 3 is 2.75 bits per heavy atom. The van der Waals surface area contributed by atoms with Crippen molar-refractivity contribution >= 4 is 17.7 Å². The first-order valence-electron chi connectivity index (χ1n) is 6.73. The number of hydrogen-bond acceptors (Lipinski definition) is 5. The lowest BCUT2D eigenvalue weighted by Gasteiger charge is -2.07. The van der Waals surface area contributed by atoms with Gasteiger partial charge in [-0.3, -0.25) is 4.79 Å². The van der Waals surface area contributed by atoms with Gasteiger partial charge in [-0.2, -0.15) is 5.26 Å². The predicted octanol–water partition coefficient (Wildman–Crippen LogP) is 2.36. The first kappa shape index (κ1) is 16.4. The van der Waals surface area contributed by atoms with Crippen molar-refractivity contribution in [2.24, 2.45) is 0 Å². The Balaban J connectivity index is 2.53. The van der Waals surface area contributed by atoms with Crippen molar-refractivity contribution in [1.82, 2.24) is 15.3 Å². The van der Waals surface area contributed by atoms with E-state index in [0.29, 0.717) is 28.7 Å². The number of thioether (sulfide) groups is 1. The van der Waals surface area contributed by atoms with Crippen molar-refractivity contribution in [3.8, 4) is 6.07 Å². The number of carbonyl (C=O) groups excluding carboxylic acids is 1. The molecule has 1 rings (SSSR count). The number of nitrogens with zero attached hydrogens (tertiary/aromatic N) is 3. The zero-order valence-electron chi connectivity index (χ0n) is 12.2. The highest BCUT2D eigenvalue weighted by Gasteiger charge is 2.12. The van der Waals surface area contributed by atoms with E-state index in [1.54, 1.807) is 13.8 Å². The second-order valence-electron chi connectivity index (χ2n) is 4.49. The summed E-state index contributed by atoms with van der Waals surface area (Å²) in [5, 5.41) is 12.6. The summed E-state index contributed by atoms with van der Waals surface area (Å²) in [5.41, 5.74) is 1.12. The van der Waals surface area contributed by atoms with Crippen LogP contribution in [0.25, 0.3) is 0 Å². The number of nitriles is 1. The average Bonchev–Trinajstić information content (AvgIpc) is 2.41. The van der Waals surface area contributed by atoms with Crippen LogP contribution in [0.15, 0.2) is 5.03 Å². The van der Waals surface area contributed by atoms with Crippen molar-refractivity contribution in [2.45, 2.75) is 45.1 Å². The van der Waals surface area contributed by atoms with E-state index in [9.17, 15) is 4.79 Å². The molecular formula is C14H20N4OS. The molecule has 0 spiro atoms. The van der Waals surface area contributed by atoms with Crippen LogP contribution in [-0.4, -0.2) is 28.2 Å². The van der Waals surface area contributed by atoms with Crippen molar-refractivity contribution < 1.29 is 4.79 Å². The molecule has 1 aromatic rings. The molecule has 0 unspecified atom stereocenters. The number of hydrogen-bond donors (Lipinski definition) is 1. The lowest BCUT2D eigenvalue weighted by atomic mass is 10.2. The van der Waals surface area contributed by atoms with E-state index in [2.05, 4.69) is 28.3 Å². The van der Waals surface area contributed by atoms with Gasteiger partial charge in [0.2, 0.25) is 5.91 Å². The minimum atomic E-state index is -0.0242. The number of carbonyl (C=O) groups is 1. The van der Waals surface area contributed by atoms with Gasteiger partial charge in [0.25, 0.3) is 0 Å². The van der Waals surface area contributed by atoms with Gasteiger partial charge in [0.15, 0.2) is 0 Å². The smallest absolute Gasteiger partial charge is 0.230 e. The number of nitrogens with one attached hydrogen (secondary N) is 1. The third-order valence-electron chi connectivity index (χ3n) is 2.72. The molecule has 1 heterocycles. The quantitative estimate of drug-likeness (QED) is 0.474. The average molecular weight is 292 g/mol. The van der Waals surface area contributed by atoms with Gasteiger partial charge >= 0.3 is 0 Å². The summed E-state index contributed by atoms with van der Waals surface area (Å²) in [5.74, 6) is 0.868. The summed E-state index contributed by atoms with van der Waals surface area (Å²) in [4.78, 5) is 20.1. The van der Waals surface area contributed by atoms with Crippen LogP contribution in [0.5, 0.6) is 0 Å². The molecule has 0 saturated carbocycles. The van der Waals surface area contributed by atoms with Gasteiger partial charge in [-0.15, -0.1) is 0 Å². The Hall–Kier alpha value is -1.61. The molecule has 0 aliphatic rings. The Kier molecular flexibility index (Phi) is 7.02. The highest BCUT2D eigenvalue weighted by atomic mass is 32.2. The predicted molar refractivity (Wildman–Crippen MR) is 79.5 cm³/mol. The number of aromatic nitrogens is 2. The van der Waals surface area contributed by atoms with Gasteiger partial charge in [-0.05, 0) is 20.3 Å². The van der Waals surface area contributed by atoms with Crippen molar-refractivity contribution in [2.75, 3.05) is 12.3 Å². The second kappa shape index (κ2) is 8.54. The largest absolute Gasteiger partial charge is 0.355 e. The van der Waals surface area contributed by atoms with Crippen LogP contribution >= 0.6 is 11.8 Å². The molecule has 0 aromatic carbocycles. The van der Waals surface area contributed by atoms with E-state index in [0.717, 1.165) is 19.3 Å². The van der Waals surface area contributed by atoms with E-state index in [4.69, 9.17) is 5.26 Å². The fraction of sp³-hybridized carbons (Fsp3) is 0.571. The SMILES string of the molecule is CCCCCNC(=O)CSc1nc(C)nc(C)c1C#N. The lowest BCUT2D eigenvalue weighted by molar-refractivity contribution is -0.118. The molecule has 0 fully saturated rings. The zero-order valence-corrected chi connectivity index (χ0v) is 13.0. The highest BCUT2D eigenvalue weighted by molar-refractivity contribution is 8.00. The number of aryl methyl sites for hydroxylation is 2. The lowest BCUT2D eigenvalue weighted by Crippen LogP contribution is -2.26. The van der Waals surface area contributed by atoms with Crippen molar-refractivity contribution in [1.29, 1.82) is 5.26 Å². The third-order valence-corrected chi connectivity index (χ3v) is 3.70.